The number of carboxylic acid groups (broad SMARTS) is 1. The molecule has 2 unspecified atom stereocenters. The van der Waals surface area contributed by atoms with Crippen LogP contribution in [-0.4, -0.2) is 53.2 Å². The Morgan fingerprint density at radius 2 is 1.41 bits per heavy atom. The lowest BCUT2D eigenvalue weighted by atomic mass is 9.82. The molecule has 11 nitrogen and oxygen atoms in total. The van der Waals surface area contributed by atoms with E-state index in [1.807, 2.05) is 20.8 Å². The Kier molecular flexibility index (Phi) is 12.7. The number of esters is 1. The largest absolute Gasteiger partial charge is 0.514 e. The second-order valence-corrected chi connectivity index (χ2v) is 10.6. The molecule has 0 heterocycles. The van der Waals surface area contributed by atoms with Gasteiger partial charge < -0.3 is 34.5 Å². The predicted octanol–water partition coefficient (Wildman–Crippen LogP) is 5.57. The SMILES string of the molecule is CCCC(=O)OCC(C)C(c1ccc(OC(=O)OC(C)(C)CC)c(OC(=O)OC(C)(C)CC)c1)[C@H](N)C(=O)O. The highest BCUT2D eigenvalue weighted by atomic mass is 16.8. The fourth-order valence-corrected chi connectivity index (χ4v) is 3.36. The first kappa shape index (κ1) is 33.7. The monoisotopic (exact) mass is 553 g/mol. The Morgan fingerprint density at radius 1 is 0.897 bits per heavy atom. The third kappa shape index (κ3) is 11.1. The van der Waals surface area contributed by atoms with E-state index in [4.69, 9.17) is 29.4 Å². The summed E-state index contributed by atoms with van der Waals surface area (Å²) < 4.78 is 26.7. The number of hydrogen-bond acceptors (Lipinski definition) is 10. The van der Waals surface area contributed by atoms with Gasteiger partial charge in [-0.2, -0.15) is 0 Å². The van der Waals surface area contributed by atoms with Crippen LogP contribution in [0.3, 0.4) is 0 Å². The van der Waals surface area contributed by atoms with Crippen LogP contribution in [0.5, 0.6) is 11.5 Å². The van der Waals surface area contributed by atoms with Gasteiger partial charge in [-0.15, -0.1) is 0 Å². The standard InChI is InChI=1S/C28H43NO10/c1-9-12-21(30)35-16-17(4)22(23(29)24(31)32)18-13-14-19(36-25(33)38-27(5,6)10-2)20(15-18)37-26(34)39-28(7,8)11-3/h13-15,17,22-23H,9-12,16,29H2,1-8H3,(H,31,32)/t17?,22?,23-/m0/s1. The van der Waals surface area contributed by atoms with Crippen molar-refractivity contribution < 1.29 is 48.0 Å². The first-order valence-electron chi connectivity index (χ1n) is 13.1. The third-order valence-electron chi connectivity index (χ3n) is 6.41. The summed E-state index contributed by atoms with van der Waals surface area (Å²) in [6, 6.07) is 2.82. The van der Waals surface area contributed by atoms with Crippen molar-refractivity contribution in [2.24, 2.45) is 11.7 Å². The van der Waals surface area contributed by atoms with Gasteiger partial charge in [0.2, 0.25) is 0 Å². The van der Waals surface area contributed by atoms with E-state index >= 15 is 0 Å². The van der Waals surface area contributed by atoms with Crippen molar-refractivity contribution in [3.8, 4) is 11.5 Å². The smallest absolute Gasteiger partial charge is 0.480 e. The summed E-state index contributed by atoms with van der Waals surface area (Å²) >= 11 is 0. The molecule has 0 spiro atoms. The Bertz CT molecular complexity index is 1000. The van der Waals surface area contributed by atoms with E-state index in [2.05, 4.69) is 0 Å². The van der Waals surface area contributed by atoms with E-state index in [1.165, 1.54) is 18.2 Å². The number of carbonyl (C=O) groups excluding carboxylic acids is 3. The van der Waals surface area contributed by atoms with Crippen molar-refractivity contribution in [2.75, 3.05) is 6.61 Å². The summed E-state index contributed by atoms with van der Waals surface area (Å²) in [6.45, 7) is 14.0. The number of hydrogen-bond donors (Lipinski definition) is 2. The molecule has 39 heavy (non-hydrogen) atoms. The number of nitrogens with two attached hydrogens (primary N) is 1. The van der Waals surface area contributed by atoms with Gasteiger partial charge in [-0.05, 0) is 70.6 Å². The van der Waals surface area contributed by atoms with E-state index in [0.717, 1.165) is 0 Å². The van der Waals surface area contributed by atoms with Gasteiger partial charge in [0, 0.05) is 12.3 Å². The first-order valence-corrected chi connectivity index (χ1v) is 13.1. The zero-order valence-corrected chi connectivity index (χ0v) is 24.2. The molecule has 0 aliphatic heterocycles. The summed E-state index contributed by atoms with van der Waals surface area (Å²) in [5, 5.41) is 9.67. The van der Waals surface area contributed by atoms with E-state index in [1.54, 1.807) is 34.6 Å². The van der Waals surface area contributed by atoms with Crippen LogP contribution in [0.1, 0.15) is 92.6 Å². The van der Waals surface area contributed by atoms with Crippen LogP contribution in [0, 0.1) is 5.92 Å². The van der Waals surface area contributed by atoms with Crippen molar-refractivity contribution in [2.45, 2.75) is 104 Å². The minimum Gasteiger partial charge on any atom is -0.480 e. The molecule has 0 saturated carbocycles. The topological polar surface area (TPSA) is 161 Å². The Labute approximate surface area is 230 Å². The van der Waals surface area contributed by atoms with Gasteiger partial charge >= 0.3 is 24.2 Å². The normalized spacial score (nSPS) is 14.0. The summed E-state index contributed by atoms with van der Waals surface area (Å²) in [6.07, 6.45) is -0.195. The lowest BCUT2D eigenvalue weighted by Crippen LogP contribution is -2.40. The van der Waals surface area contributed by atoms with Crippen molar-refractivity contribution in [3.05, 3.63) is 23.8 Å². The van der Waals surface area contributed by atoms with Gasteiger partial charge in [0.25, 0.3) is 0 Å². The van der Waals surface area contributed by atoms with Crippen LogP contribution < -0.4 is 15.2 Å². The summed E-state index contributed by atoms with van der Waals surface area (Å²) in [5.41, 5.74) is 4.77. The van der Waals surface area contributed by atoms with Gasteiger partial charge in [0.05, 0.1) is 6.61 Å². The van der Waals surface area contributed by atoms with Crippen LogP contribution in [0.15, 0.2) is 18.2 Å². The molecule has 11 heteroatoms. The van der Waals surface area contributed by atoms with Gasteiger partial charge in [0.1, 0.15) is 17.2 Å². The Morgan fingerprint density at radius 3 is 1.87 bits per heavy atom. The Hall–Kier alpha value is -3.34. The number of aliphatic carboxylic acids is 1. The number of benzene rings is 1. The maximum Gasteiger partial charge on any atom is 0.514 e. The maximum absolute atomic E-state index is 12.6. The summed E-state index contributed by atoms with van der Waals surface area (Å²) in [7, 11) is 0. The molecule has 1 aromatic rings. The number of ether oxygens (including phenoxy) is 5. The van der Waals surface area contributed by atoms with E-state index in [-0.39, 0.29) is 24.5 Å². The third-order valence-corrected chi connectivity index (χ3v) is 6.41. The maximum atomic E-state index is 12.6. The van der Waals surface area contributed by atoms with E-state index < -0.39 is 53.3 Å². The average molecular weight is 554 g/mol. The van der Waals surface area contributed by atoms with Crippen molar-refractivity contribution in [1.82, 2.24) is 0 Å². The van der Waals surface area contributed by atoms with Crippen LogP contribution in [0.2, 0.25) is 0 Å². The van der Waals surface area contributed by atoms with Crippen molar-refractivity contribution >= 4 is 24.2 Å². The van der Waals surface area contributed by atoms with Crippen LogP contribution in [0.4, 0.5) is 9.59 Å². The molecule has 1 rings (SSSR count). The lowest BCUT2D eigenvalue weighted by Gasteiger charge is -2.28. The molecular formula is C28H43NO10. The molecule has 0 aliphatic carbocycles. The molecule has 0 saturated heterocycles. The molecular weight excluding hydrogens is 510 g/mol. The van der Waals surface area contributed by atoms with Gasteiger partial charge in [-0.25, -0.2) is 9.59 Å². The highest BCUT2D eigenvalue weighted by Gasteiger charge is 2.33. The molecule has 0 amide bonds. The number of rotatable bonds is 14. The van der Waals surface area contributed by atoms with Gasteiger partial charge in [0.15, 0.2) is 11.5 Å². The fraction of sp³-hybridized carbons (Fsp3) is 0.643. The number of carbonyl (C=O) groups is 4. The predicted molar refractivity (Wildman–Crippen MR) is 143 cm³/mol. The van der Waals surface area contributed by atoms with Crippen molar-refractivity contribution in [1.29, 1.82) is 0 Å². The molecule has 3 N–H and O–H groups in total. The summed E-state index contributed by atoms with van der Waals surface area (Å²) in [5.74, 6) is -3.42. The number of carboxylic acids is 1. The highest BCUT2D eigenvalue weighted by molar-refractivity contribution is 5.75. The average Bonchev–Trinajstić information content (AvgIpc) is 2.83. The van der Waals surface area contributed by atoms with Crippen LogP contribution in [-0.2, 0) is 23.8 Å². The lowest BCUT2D eigenvalue weighted by molar-refractivity contribution is -0.145. The first-order chi connectivity index (χ1) is 18.1. The second kappa shape index (κ2) is 14.7. The zero-order chi connectivity index (χ0) is 30.0. The molecule has 0 fully saturated rings. The quantitative estimate of drug-likeness (QED) is 0.168. The second-order valence-electron chi connectivity index (χ2n) is 10.6. The molecule has 0 aromatic heterocycles. The van der Waals surface area contributed by atoms with Crippen LogP contribution >= 0.6 is 0 Å². The minimum atomic E-state index is -1.38. The minimum absolute atomic E-state index is 0.0793. The van der Waals surface area contributed by atoms with Gasteiger partial charge in [-0.1, -0.05) is 33.8 Å². The highest BCUT2D eigenvalue weighted by Crippen LogP contribution is 2.36. The molecule has 220 valence electrons. The zero-order valence-electron chi connectivity index (χ0n) is 24.2. The van der Waals surface area contributed by atoms with E-state index in [0.29, 0.717) is 24.8 Å². The van der Waals surface area contributed by atoms with Gasteiger partial charge in [-0.3, -0.25) is 9.59 Å². The molecule has 1 aromatic carbocycles. The molecule has 0 radical (unpaired) electrons. The molecule has 0 aliphatic rings. The Balaban J connectivity index is 3.44. The summed E-state index contributed by atoms with van der Waals surface area (Å²) in [4.78, 5) is 48.8. The molecule has 0 bridgehead atoms. The fourth-order valence-electron chi connectivity index (χ4n) is 3.36. The van der Waals surface area contributed by atoms with Crippen LogP contribution in [0.25, 0.3) is 0 Å². The van der Waals surface area contributed by atoms with Crippen molar-refractivity contribution in [3.63, 3.8) is 0 Å². The molecule has 3 atom stereocenters. The van der Waals surface area contributed by atoms with E-state index in [9.17, 15) is 24.3 Å².